The van der Waals surface area contributed by atoms with Gasteiger partial charge in [-0.3, -0.25) is 9.69 Å². The SMILES string of the molecule is O=C1CCC2=C1CNC(=O)N2c1cccc(C(F)F)c1. The van der Waals surface area contributed by atoms with Gasteiger partial charge in [0.25, 0.3) is 6.43 Å². The van der Waals surface area contributed by atoms with Gasteiger partial charge in [0.1, 0.15) is 0 Å². The molecular weight excluding hydrogens is 266 g/mol. The summed E-state index contributed by atoms with van der Waals surface area (Å²) in [6.45, 7) is 0.220. The molecule has 0 bridgehead atoms. The molecule has 1 N–H and O–H groups in total. The van der Waals surface area contributed by atoms with Crippen molar-refractivity contribution in [1.82, 2.24) is 5.32 Å². The number of halogens is 2. The van der Waals surface area contributed by atoms with Crippen LogP contribution < -0.4 is 10.2 Å². The van der Waals surface area contributed by atoms with E-state index < -0.39 is 6.43 Å². The highest BCUT2D eigenvalue weighted by molar-refractivity contribution is 6.07. The standard InChI is InChI=1S/C14H12F2N2O2/c15-13(16)8-2-1-3-9(6-8)18-11-4-5-12(19)10(11)7-17-14(18)20/h1-3,6,13H,4-5,7H2,(H,17,20). The molecule has 0 unspecified atom stereocenters. The van der Waals surface area contributed by atoms with Crippen molar-refractivity contribution in [3.8, 4) is 0 Å². The molecule has 0 aromatic heterocycles. The van der Waals surface area contributed by atoms with E-state index in [0.29, 0.717) is 29.8 Å². The first-order valence-corrected chi connectivity index (χ1v) is 6.29. The Morgan fingerprint density at radius 1 is 1.20 bits per heavy atom. The van der Waals surface area contributed by atoms with Crippen molar-refractivity contribution in [3.63, 3.8) is 0 Å². The zero-order valence-electron chi connectivity index (χ0n) is 10.5. The zero-order chi connectivity index (χ0) is 14.3. The fraction of sp³-hybridized carbons (Fsp3) is 0.286. The first kappa shape index (κ1) is 12.8. The summed E-state index contributed by atoms with van der Waals surface area (Å²) in [5, 5.41) is 2.60. The van der Waals surface area contributed by atoms with Crippen LogP contribution >= 0.6 is 0 Å². The number of benzene rings is 1. The van der Waals surface area contributed by atoms with Crippen LogP contribution in [0, 0.1) is 0 Å². The normalized spacial score (nSPS) is 18.6. The molecule has 1 heterocycles. The Balaban J connectivity index is 2.05. The first-order chi connectivity index (χ1) is 9.58. The van der Waals surface area contributed by atoms with E-state index in [1.54, 1.807) is 6.07 Å². The molecule has 2 amide bonds. The van der Waals surface area contributed by atoms with Crippen LogP contribution in [0.1, 0.15) is 24.8 Å². The van der Waals surface area contributed by atoms with Crippen LogP contribution in [0.2, 0.25) is 0 Å². The summed E-state index contributed by atoms with van der Waals surface area (Å²) in [5.41, 5.74) is 1.42. The Hall–Kier alpha value is -2.24. The molecule has 0 saturated carbocycles. The predicted molar refractivity (Wildman–Crippen MR) is 68.5 cm³/mol. The van der Waals surface area contributed by atoms with Gasteiger partial charge in [0, 0.05) is 29.8 Å². The second-order valence-electron chi connectivity index (χ2n) is 4.74. The minimum Gasteiger partial charge on any atom is -0.333 e. The number of nitrogens with zero attached hydrogens (tertiary/aromatic N) is 1. The smallest absolute Gasteiger partial charge is 0.326 e. The monoisotopic (exact) mass is 278 g/mol. The number of Topliss-reactive ketones (excluding diaryl/α,β-unsaturated/α-hetero) is 1. The fourth-order valence-corrected chi connectivity index (χ4v) is 2.58. The molecule has 4 nitrogen and oxygen atoms in total. The van der Waals surface area contributed by atoms with Crippen molar-refractivity contribution >= 4 is 17.5 Å². The second kappa shape index (κ2) is 4.70. The van der Waals surface area contributed by atoms with E-state index in [0.717, 1.165) is 0 Å². The van der Waals surface area contributed by atoms with E-state index in [1.807, 2.05) is 0 Å². The maximum Gasteiger partial charge on any atom is 0.326 e. The molecular formula is C14H12F2N2O2. The summed E-state index contributed by atoms with van der Waals surface area (Å²) in [7, 11) is 0. The minimum absolute atomic E-state index is 0.00927. The highest BCUT2D eigenvalue weighted by Crippen LogP contribution is 2.34. The number of amides is 2. The van der Waals surface area contributed by atoms with E-state index in [1.165, 1.54) is 23.1 Å². The lowest BCUT2D eigenvalue weighted by molar-refractivity contribution is -0.114. The van der Waals surface area contributed by atoms with E-state index in [-0.39, 0.29) is 23.9 Å². The van der Waals surface area contributed by atoms with Gasteiger partial charge in [-0.2, -0.15) is 0 Å². The molecule has 3 rings (SSSR count). The van der Waals surface area contributed by atoms with Gasteiger partial charge in [-0.25, -0.2) is 13.6 Å². The number of allylic oxidation sites excluding steroid dienone is 1. The van der Waals surface area contributed by atoms with Gasteiger partial charge < -0.3 is 5.32 Å². The molecule has 20 heavy (non-hydrogen) atoms. The van der Waals surface area contributed by atoms with Crippen LogP contribution in [0.4, 0.5) is 19.3 Å². The molecule has 0 radical (unpaired) electrons. The molecule has 0 fully saturated rings. The minimum atomic E-state index is -2.60. The number of alkyl halides is 2. The third-order valence-electron chi connectivity index (χ3n) is 3.54. The Bertz CT molecular complexity index is 625. The van der Waals surface area contributed by atoms with E-state index in [2.05, 4.69) is 5.32 Å². The highest BCUT2D eigenvalue weighted by atomic mass is 19.3. The first-order valence-electron chi connectivity index (χ1n) is 6.29. The zero-order valence-corrected chi connectivity index (χ0v) is 10.5. The summed E-state index contributed by atoms with van der Waals surface area (Å²) in [6.07, 6.45) is -1.76. The number of urea groups is 1. The molecule has 1 aliphatic heterocycles. The van der Waals surface area contributed by atoms with Crippen molar-refractivity contribution in [2.45, 2.75) is 19.3 Å². The molecule has 0 atom stereocenters. The van der Waals surface area contributed by atoms with Gasteiger partial charge in [-0.05, 0) is 18.6 Å². The summed E-state index contributed by atoms with van der Waals surface area (Å²) in [5.74, 6) is 0.00927. The lowest BCUT2D eigenvalue weighted by atomic mass is 10.1. The second-order valence-corrected chi connectivity index (χ2v) is 4.74. The predicted octanol–water partition coefficient (Wildman–Crippen LogP) is 2.77. The maximum atomic E-state index is 12.8. The Morgan fingerprint density at radius 3 is 2.75 bits per heavy atom. The van der Waals surface area contributed by atoms with Gasteiger partial charge in [-0.15, -0.1) is 0 Å². The molecule has 1 aromatic rings. The molecule has 6 heteroatoms. The third-order valence-corrected chi connectivity index (χ3v) is 3.54. The summed E-state index contributed by atoms with van der Waals surface area (Å²) in [4.78, 5) is 25.0. The molecule has 1 aromatic carbocycles. The lowest BCUT2D eigenvalue weighted by Gasteiger charge is -2.29. The van der Waals surface area contributed by atoms with Crippen LogP contribution in [0.5, 0.6) is 0 Å². The number of nitrogens with one attached hydrogen (secondary N) is 1. The van der Waals surface area contributed by atoms with Gasteiger partial charge >= 0.3 is 6.03 Å². The quantitative estimate of drug-likeness (QED) is 0.904. The van der Waals surface area contributed by atoms with Gasteiger partial charge in [0.05, 0.1) is 5.69 Å². The van der Waals surface area contributed by atoms with Crippen molar-refractivity contribution in [2.75, 3.05) is 11.4 Å². The largest absolute Gasteiger partial charge is 0.333 e. The number of carbonyl (C=O) groups is 2. The van der Waals surface area contributed by atoms with Crippen molar-refractivity contribution < 1.29 is 18.4 Å². The summed E-state index contributed by atoms with van der Waals surface area (Å²) in [6, 6.07) is 5.28. The van der Waals surface area contributed by atoms with Gasteiger partial charge in [0.2, 0.25) is 0 Å². The molecule has 104 valence electrons. The number of hydrogen-bond acceptors (Lipinski definition) is 2. The van der Waals surface area contributed by atoms with Crippen molar-refractivity contribution in [1.29, 1.82) is 0 Å². The number of hydrogen-bond donors (Lipinski definition) is 1. The molecule has 0 saturated heterocycles. The average Bonchev–Trinajstić information content (AvgIpc) is 2.80. The number of carbonyl (C=O) groups excluding carboxylic acids is 2. The van der Waals surface area contributed by atoms with Crippen molar-refractivity contribution in [3.05, 3.63) is 41.1 Å². The number of ketones is 1. The fourth-order valence-electron chi connectivity index (χ4n) is 2.58. The Morgan fingerprint density at radius 2 is 2.00 bits per heavy atom. The van der Waals surface area contributed by atoms with E-state index in [9.17, 15) is 18.4 Å². The van der Waals surface area contributed by atoms with Crippen LogP contribution in [0.15, 0.2) is 35.5 Å². The van der Waals surface area contributed by atoms with Crippen LogP contribution in [-0.4, -0.2) is 18.4 Å². The van der Waals surface area contributed by atoms with Gasteiger partial charge in [0.15, 0.2) is 5.78 Å². The Kier molecular flexibility index (Phi) is 3.00. The molecule has 2 aliphatic rings. The van der Waals surface area contributed by atoms with E-state index in [4.69, 9.17) is 0 Å². The van der Waals surface area contributed by atoms with Crippen LogP contribution in [0.25, 0.3) is 0 Å². The summed E-state index contributed by atoms with van der Waals surface area (Å²) >= 11 is 0. The molecule has 1 aliphatic carbocycles. The average molecular weight is 278 g/mol. The lowest BCUT2D eigenvalue weighted by Crippen LogP contribution is -2.45. The maximum absolute atomic E-state index is 12.8. The van der Waals surface area contributed by atoms with E-state index >= 15 is 0 Å². The topological polar surface area (TPSA) is 49.4 Å². The highest BCUT2D eigenvalue weighted by Gasteiger charge is 2.34. The van der Waals surface area contributed by atoms with Crippen LogP contribution in [0.3, 0.4) is 0 Å². The number of anilines is 1. The Labute approximate surface area is 114 Å². The van der Waals surface area contributed by atoms with Crippen molar-refractivity contribution in [2.24, 2.45) is 0 Å². The number of rotatable bonds is 2. The third kappa shape index (κ3) is 1.97. The molecule has 0 spiro atoms. The van der Waals surface area contributed by atoms with Gasteiger partial charge in [-0.1, -0.05) is 12.1 Å². The van der Waals surface area contributed by atoms with Crippen LogP contribution in [-0.2, 0) is 4.79 Å². The summed E-state index contributed by atoms with van der Waals surface area (Å²) < 4.78 is 25.5.